The molecule has 3 aromatic rings. The van der Waals surface area contributed by atoms with Crippen LogP contribution in [-0.2, 0) is 14.8 Å². The highest BCUT2D eigenvalue weighted by Crippen LogP contribution is 2.22. The Labute approximate surface area is 220 Å². The molecule has 2 amide bonds. The molecule has 0 spiro atoms. The summed E-state index contributed by atoms with van der Waals surface area (Å²) in [7, 11) is -3.84. The first-order chi connectivity index (χ1) is 16.7. The summed E-state index contributed by atoms with van der Waals surface area (Å²) >= 11 is 5.86. The highest BCUT2D eigenvalue weighted by Gasteiger charge is 2.38. The third-order valence-electron chi connectivity index (χ3n) is 5.74. The van der Waals surface area contributed by atoms with Crippen molar-refractivity contribution in [2.75, 3.05) is 19.6 Å². The molecule has 1 unspecified atom stereocenters. The van der Waals surface area contributed by atoms with Gasteiger partial charge in [0.2, 0.25) is 15.9 Å². The van der Waals surface area contributed by atoms with E-state index in [9.17, 15) is 18.0 Å². The van der Waals surface area contributed by atoms with E-state index in [0.29, 0.717) is 16.1 Å². The molecule has 1 aliphatic heterocycles. The summed E-state index contributed by atoms with van der Waals surface area (Å²) in [5.74, 6) is -1.16. The Hall–Kier alpha value is -3.24. The summed E-state index contributed by atoms with van der Waals surface area (Å²) < 4.78 is 26.9. The summed E-state index contributed by atoms with van der Waals surface area (Å²) in [6.45, 7) is -0.145. The van der Waals surface area contributed by atoms with Crippen LogP contribution in [0, 0.1) is 0 Å². The van der Waals surface area contributed by atoms with Gasteiger partial charge in [0, 0.05) is 48.0 Å². The van der Waals surface area contributed by atoms with Crippen molar-refractivity contribution in [1.29, 1.82) is 0 Å². The lowest BCUT2D eigenvalue weighted by Gasteiger charge is -2.38. The van der Waals surface area contributed by atoms with Gasteiger partial charge in [0.05, 0.1) is 0 Å². The van der Waals surface area contributed by atoms with Crippen LogP contribution in [0.3, 0.4) is 0 Å². The van der Waals surface area contributed by atoms with Gasteiger partial charge in [0.1, 0.15) is 6.04 Å². The molecule has 0 radical (unpaired) electrons. The summed E-state index contributed by atoms with van der Waals surface area (Å²) in [4.78, 5) is 30.7. The number of carbonyl (C=O) groups excluding carboxylic acids is 2. The predicted octanol–water partition coefficient (Wildman–Crippen LogP) is 3.44. The van der Waals surface area contributed by atoms with E-state index in [2.05, 4.69) is 4.98 Å². The topological polar surface area (TPSA) is 114 Å². The van der Waals surface area contributed by atoms with Crippen molar-refractivity contribution in [3.8, 4) is 11.1 Å². The third-order valence-corrected chi connectivity index (χ3v) is 7.52. The number of primary amides is 1. The van der Waals surface area contributed by atoms with Crippen molar-refractivity contribution in [3.05, 3.63) is 94.6 Å². The van der Waals surface area contributed by atoms with Gasteiger partial charge in [0.15, 0.2) is 0 Å². The molecule has 36 heavy (non-hydrogen) atoms. The van der Waals surface area contributed by atoms with E-state index in [0.717, 1.165) is 20.8 Å². The maximum absolute atomic E-state index is 13.2. The fraction of sp³-hybridized carbons (Fsp3) is 0.160. The van der Waals surface area contributed by atoms with Crippen molar-refractivity contribution >= 4 is 51.9 Å². The summed E-state index contributed by atoms with van der Waals surface area (Å²) in [6, 6.07) is 16.3. The van der Waals surface area contributed by atoms with Crippen molar-refractivity contribution in [2.45, 2.75) is 6.04 Å². The normalized spacial score (nSPS) is 16.5. The zero-order chi connectivity index (χ0) is 25.0. The van der Waals surface area contributed by atoms with Crippen molar-refractivity contribution in [3.63, 3.8) is 0 Å². The van der Waals surface area contributed by atoms with Gasteiger partial charge in [-0.3, -0.25) is 14.6 Å². The number of aromatic nitrogens is 1. The first-order valence-corrected chi connectivity index (χ1v) is 12.7. The number of nitrogens with zero attached hydrogens (tertiary/aromatic N) is 3. The zero-order valence-corrected chi connectivity index (χ0v) is 21.4. The second kappa shape index (κ2) is 11.7. The molecule has 0 aliphatic carbocycles. The van der Waals surface area contributed by atoms with E-state index in [1.54, 1.807) is 48.8 Å². The number of pyridine rings is 1. The Kier molecular flexibility index (Phi) is 8.86. The molecule has 4 rings (SSSR count). The average Bonchev–Trinajstić information content (AvgIpc) is 2.88. The molecule has 1 atom stereocenters. The fourth-order valence-corrected chi connectivity index (χ4v) is 5.13. The zero-order valence-electron chi connectivity index (χ0n) is 19.0. The van der Waals surface area contributed by atoms with Gasteiger partial charge < -0.3 is 10.6 Å². The number of nitrogens with two attached hydrogens (primary N) is 1. The van der Waals surface area contributed by atoms with Gasteiger partial charge in [-0.1, -0.05) is 35.9 Å². The minimum atomic E-state index is -3.84. The highest BCUT2D eigenvalue weighted by atomic mass is 35.5. The van der Waals surface area contributed by atoms with E-state index < -0.39 is 22.0 Å². The van der Waals surface area contributed by atoms with Crippen molar-refractivity contribution in [1.82, 2.24) is 14.2 Å². The number of benzene rings is 2. The van der Waals surface area contributed by atoms with Gasteiger partial charge >= 0.3 is 0 Å². The number of piperazine rings is 1. The molecule has 8 nitrogen and oxygen atoms in total. The second-order valence-electron chi connectivity index (χ2n) is 7.99. The lowest BCUT2D eigenvalue weighted by Crippen LogP contribution is -2.60. The molecular weight excluding hydrogens is 523 g/mol. The Morgan fingerprint density at radius 1 is 0.944 bits per heavy atom. The van der Waals surface area contributed by atoms with Crippen LogP contribution in [0.25, 0.3) is 17.2 Å². The molecule has 11 heteroatoms. The lowest BCUT2D eigenvalue weighted by molar-refractivity contribution is -0.123. The van der Waals surface area contributed by atoms with Gasteiger partial charge in [-0.25, -0.2) is 8.42 Å². The first-order valence-electron chi connectivity index (χ1n) is 10.8. The Bertz CT molecular complexity index is 1350. The number of halogens is 2. The fourth-order valence-electron chi connectivity index (χ4n) is 3.82. The maximum Gasteiger partial charge on any atom is 0.254 e. The van der Waals surface area contributed by atoms with E-state index in [1.165, 1.54) is 11.0 Å². The molecule has 1 aliphatic rings. The van der Waals surface area contributed by atoms with Crippen LogP contribution in [0.1, 0.15) is 15.9 Å². The molecule has 2 heterocycles. The molecule has 1 saturated heterocycles. The number of amides is 2. The Morgan fingerprint density at radius 3 is 2.17 bits per heavy atom. The minimum absolute atomic E-state index is 0. The van der Waals surface area contributed by atoms with E-state index in [-0.39, 0.29) is 37.9 Å². The SMILES string of the molecule is Cl.NC(=O)C1CN(S(=O)(=O)/C=C/c2ccc(Cl)cc2)CCN1C(=O)c1ccc(-c2ccncc2)cc1. The van der Waals surface area contributed by atoms with Gasteiger partial charge in [-0.2, -0.15) is 4.31 Å². The van der Waals surface area contributed by atoms with Crippen molar-refractivity contribution < 1.29 is 18.0 Å². The number of hydrogen-bond donors (Lipinski definition) is 1. The Morgan fingerprint density at radius 2 is 1.56 bits per heavy atom. The van der Waals surface area contributed by atoms with E-state index >= 15 is 0 Å². The average molecular weight is 547 g/mol. The van der Waals surface area contributed by atoms with Crippen LogP contribution in [0.2, 0.25) is 5.02 Å². The van der Waals surface area contributed by atoms with Crippen LogP contribution in [0.15, 0.2) is 78.5 Å². The highest BCUT2D eigenvalue weighted by molar-refractivity contribution is 7.92. The third kappa shape index (κ3) is 6.30. The van der Waals surface area contributed by atoms with Crippen LogP contribution < -0.4 is 5.73 Å². The first kappa shape index (κ1) is 27.3. The van der Waals surface area contributed by atoms with E-state index in [1.807, 2.05) is 24.3 Å². The quantitative estimate of drug-likeness (QED) is 0.508. The molecule has 2 aromatic carbocycles. The van der Waals surface area contributed by atoms with Crippen LogP contribution in [-0.4, -0.2) is 60.1 Å². The Balaban J connectivity index is 0.00000361. The largest absolute Gasteiger partial charge is 0.368 e. The lowest BCUT2D eigenvalue weighted by atomic mass is 10.0. The van der Waals surface area contributed by atoms with E-state index in [4.69, 9.17) is 17.3 Å². The van der Waals surface area contributed by atoms with Gasteiger partial charge in [-0.15, -0.1) is 12.4 Å². The van der Waals surface area contributed by atoms with Gasteiger partial charge in [0.25, 0.3) is 5.91 Å². The molecule has 1 fully saturated rings. The number of rotatable bonds is 6. The van der Waals surface area contributed by atoms with Gasteiger partial charge in [-0.05, 0) is 59.2 Å². The summed E-state index contributed by atoms with van der Waals surface area (Å²) in [6.07, 6.45) is 4.82. The van der Waals surface area contributed by atoms with Crippen LogP contribution in [0.4, 0.5) is 0 Å². The molecule has 1 aromatic heterocycles. The standard InChI is InChI=1S/C25H23ClN4O4S.ClH/c26-22-7-1-18(2-8-22)11-16-35(33,34)29-14-15-30(23(17-29)24(27)31)25(32)21-5-3-19(4-6-21)20-9-12-28-13-10-20;/h1-13,16,23H,14-15,17H2,(H2,27,31);1H/b16-11+;. The number of carbonyl (C=O) groups is 2. The smallest absolute Gasteiger partial charge is 0.254 e. The number of sulfonamides is 1. The molecule has 0 bridgehead atoms. The molecule has 188 valence electrons. The number of hydrogen-bond acceptors (Lipinski definition) is 5. The second-order valence-corrected chi connectivity index (χ2v) is 10.2. The monoisotopic (exact) mass is 546 g/mol. The van der Waals surface area contributed by atoms with Crippen LogP contribution in [0.5, 0.6) is 0 Å². The molecular formula is C25H24Cl2N4O4S. The van der Waals surface area contributed by atoms with Crippen LogP contribution >= 0.6 is 24.0 Å². The molecule has 0 saturated carbocycles. The summed E-state index contributed by atoms with van der Waals surface area (Å²) in [5, 5.41) is 1.62. The maximum atomic E-state index is 13.2. The summed E-state index contributed by atoms with van der Waals surface area (Å²) in [5.41, 5.74) is 8.48. The van der Waals surface area contributed by atoms with Crippen molar-refractivity contribution in [2.24, 2.45) is 5.73 Å². The minimum Gasteiger partial charge on any atom is -0.368 e. The molecule has 2 N–H and O–H groups in total. The predicted molar refractivity (Wildman–Crippen MR) is 142 cm³/mol.